The van der Waals surface area contributed by atoms with Crippen LogP contribution >= 0.6 is 11.3 Å². The van der Waals surface area contributed by atoms with E-state index < -0.39 is 0 Å². The van der Waals surface area contributed by atoms with Gasteiger partial charge in [0, 0.05) is 42.0 Å². The van der Waals surface area contributed by atoms with Crippen LogP contribution in [0.4, 0.5) is 11.5 Å². The zero-order valence-electron chi connectivity index (χ0n) is 17.3. The van der Waals surface area contributed by atoms with Gasteiger partial charge in [0.2, 0.25) is 5.91 Å². The molecule has 154 valence electrons. The molecule has 1 atom stereocenters. The predicted molar refractivity (Wildman–Crippen MR) is 119 cm³/mol. The Bertz CT molecular complexity index is 1240. The summed E-state index contributed by atoms with van der Waals surface area (Å²) in [6, 6.07) is 6.23. The largest absolute Gasteiger partial charge is 0.343 e. The van der Waals surface area contributed by atoms with Gasteiger partial charge in [-0.25, -0.2) is 14.5 Å². The maximum absolute atomic E-state index is 12.8. The van der Waals surface area contributed by atoms with Crippen molar-refractivity contribution in [3.05, 3.63) is 47.4 Å². The summed E-state index contributed by atoms with van der Waals surface area (Å²) in [7, 11) is 1.90. The molecular formula is C22H24N6OS. The number of thiophene rings is 1. The molecular weight excluding hydrogens is 396 g/mol. The fourth-order valence-electron chi connectivity index (χ4n) is 4.09. The zero-order valence-corrected chi connectivity index (χ0v) is 18.1. The van der Waals surface area contributed by atoms with Crippen LogP contribution in [0.15, 0.2) is 36.9 Å². The van der Waals surface area contributed by atoms with Crippen molar-refractivity contribution < 1.29 is 4.79 Å². The summed E-state index contributed by atoms with van der Waals surface area (Å²) in [4.78, 5) is 26.0. The van der Waals surface area contributed by atoms with Crippen LogP contribution in [0.5, 0.6) is 0 Å². The number of carbonyl (C=O) groups excluding carboxylic acids is 1. The number of rotatable bonds is 4. The molecule has 0 saturated heterocycles. The molecule has 0 aliphatic heterocycles. The Labute approximate surface area is 178 Å². The van der Waals surface area contributed by atoms with E-state index in [-0.39, 0.29) is 17.9 Å². The van der Waals surface area contributed by atoms with Gasteiger partial charge < -0.3 is 10.2 Å². The van der Waals surface area contributed by atoms with Gasteiger partial charge in [-0.3, -0.25) is 4.79 Å². The average molecular weight is 421 g/mol. The second-order valence-corrected chi connectivity index (χ2v) is 9.21. The minimum absolute atomic E-state index is 0.0478. The van der Waals surface area contributed by atoms with E-state index in [1.165, 1.54) is 10.4 Å². The van der Waals surface area contributed by atoms with E-state index in [0.717, 1.165) is 46.5 Å². The van der Waals surface area contributed by atoms with Crippen LogP contribution in [0.2, 0.25) is 0 Å². The summed E-state index contributed by atoms with van der Waals surface area (Å²) in [6.45, 7) is 4.11. The first kappa shape index (κ1) is 19.0. The van der Waals surface area contributed by atoms with Gasteiger partial charge in [0.1, 0.15) is 17.0 Å². The number of anilines is 2. The molecule has 0 saturated carbocycles. The molecule has 0 aromatic carbocycles. The van der Waals surface area contributed by atoms with Crippen molar-refractivity contribution in [2.45, 2.75) is 39.2 Å². The lowest BCUT2D eigenvalue weighted by Gasteiger charge is -2.29. The molecule has 1 N–H and O–H groups in total. The number of hydrogen-bond donors (Lipinski definition) is 1. The Balaban J connectivity index is 1.47. The molecule has 8 heteroatoms. The molecule has 4 heterocycles. The summed E-state index contributed by atoms with van der Waals surface area (Å²) >= 11 is 1.69. The van der Waals surface area contributed by atoms with Gasteiger partial charge in [-0.2, -0.15) is 5.10 Å². The van der Waals surface area contributed by atoms with Gasteiger partial charge in [0.25, 0.3) is 0 Å². The smallest absolute Gasteiger partial charge is 0.226 e. The average Bonchev–Trinajstić information content (AvgIpc) is 3.36. The highest BCUT2D eigenvalue weighted by Crippen LogP contribution is 2.40. The van der Waals surface area contributed by atoms with E-state index >= 15 is 0 Å². The molecule has 0 unspecified atom stereocenters. The maximum atomic E-state index is 12.8. The fraction of sp³-hybridized carbons (Fsp3) is 0.364. The number of hydrogen-bond acceptors (Lipinski definition) is 6. The Hall–Kier alpha value is -3.00. The number of carbonyl (C=O) groups is 1. The molecule has 4 aromatic rings. The highest BCUT2D eigenvalue weighted by atomic mass is 32.1. The minimum atomic E-state index is 0.0478. The zero-order chi connectivity index (χ0) is 20.8. The van der Waals surface area contributed by atoms with Crippen molar-refractivity contribution in [3.63, 3.8) is 0 Å². The first-order valence-electron chi connectivity index (χ1n) is 10.2. The van der Waals surface area contributed by atoms with Crippen molar-refractivity contribution in [1.29, 1.82) is 0 Å². The quantitative estimate of drug-likeness (QED) is 0.539. The molecule has 7 nitrogen and oxygen atoms in total. The van der Waals surface area contributed by atoms with Gasteiger partial charge in [-0.05, 0) is 56.9 Å². The van der Waals surface area contributed by atoms with Crippen LogP contribution in [0.25, 0.3) is 15.7 Å². The Morgan fingerprint density at radius 2 is 2.20 bits per heavy atom. The Kier molecular flexibility index (Phi) is 4.66. The van der Waals surface area contributed by atoms with Gasteiger partial charge in [0.15, 0.2) is 0 Å². The number of nitrogens with one attached hydrogen (secondary N) is 1. The van der Waals surface area contributed by atoms with E-state index in [4.69, 9.17) is 0 Å². The molecule has 0 radical (unpaired) electrons. The van der Waals surface area contributed by atoms with Crippen LogP contribution in [0, 0.1) is 5.92 Å². The third-order valence-electron chi connectivity index (χ3n) is 5.98. The molecule has 0 fully saturated rings. The number of fused-ring (bicyclic) bond motifs is 4. The van der Waals surface area contributed by atoms with Gasteiger partial charge in [-0.1, -0.05) is 0 Å². The molecule has 1 aliphatic carbocycles. The first-order chi connectivity index (χ1) is 14.5. The standard InChI is InChI=1S/C22H24N6OS/c1-13(2)27(3)22(29)14-4-5-17-18(10-14)30-21-19(17)20(23-12-24-21)26-15-7-9-28-16(11-15)6-8-25-28/h6-9,11-14H,4-5,10H2,1-3H3,(H,23,24,26)/t14-/m0/s1. The number of aromatic nitrogens is 4. The Morgan fingerprint density at radius 3 is 3.03 bits per heavy atom. The van der Waals surface area contributed by atoms with E-state index in [9.17, 15) is 4.79 Å². The normalized spacial score (nSPS) is 16.2. The molecule has 0 bridgehead atoms. The Morgan fingerprint density at radius 1 is 1.33 bits per heavy atom. The summed E-state index contributed by atoms with van der Waals surface area (Å²) in [6.07, 6.45) is 7.85. The predicted octanol–water partition coefficient (Wildman–Crippen LogP) is 4.05. The van der Waals surface area contributed by atoms with Crippen molar-refractivity contribution in [2.24, 2.45) is 5.92 Å². The SMILES string of the molecule is CC(C)N(C)C(=O)[C@H]1CCc2c(sc3ncnc(Nc4ccn5nccc5c4)c23)C1. The third kappa shape index (κ3) is 3.21. The molecule has 30 heavy (non-hydrogen) atoms. The minimum Gasteiger partial charge on any atom is -0.343 e. The second kappa shape index (κ2) is 7.36. The fourth-order valence-corrected chi connectivity index (χ4v) is 5.36. The highest BCUT2D eigenvalue weighted by Gasteiger charge is 2.31. The number of amides is 1. The summed E-state index contributed by atoms with van der Waals surface area (Å²) in [5, 5.41) is 8.81. The molecule has 1 amide bonds. The van der Waals surface area contributed by atoms with E-state index in [1.807, 2.05) is 34.8 Å². The first-order valence-corrected chi connectivity index (χ1v) is 11.0. The van der Waals surface area contributed by atoms with Crippen molar-refractivity contribution in [3.8, 4) is 0 Å². The van der Waals surface area contributed by atoms with Gasteiger partial charge in [0.05, 0.1) is 10.9 Å². The lowest BCUT2D eigenvalue weighted by atomic mass is 9.86. The lowest BCUT2D eigenvalue weighted by Crippen LogP contribution is -2.39. The van der Waals surface area contributed by atoms with E-state index in [0.29, 0.717) is 0 Å². The molecule has 0 spiro atoms. The lowest BCUT2D eigenvalue weighted by molar-refractivity contribution is -0.136. The van der Waals surface area contributed by atoms with Gasteiger partial charge >= 0.3 is 0 Å². The maximum Gasteiger partial charge on any atom is 0.226 e. The molecule has 4 aromatic heterocycles. The summed E-state index contributed by atoms with van der Waals surface area (Å²) in [5.41, 5.74) is 3.28. The monoisotopic (exact) mass is 420 g/mol. The van der Waals surface area contributed by atoms with Crippen molar-refractivity contribution in [1.82, 2.24) is 24.5 Å². The van der Waals surface area contributed by atoms with Crippen LogP contribution in [0.3, 0.4) is 0 Å². The van der Waals surface area contributed by atoms with Gasteiger partial charge in [-0.15, -0.1) is 11.3 Å². The number of nitrogens with zero attached hydrogens (tertiary/aromatic N) is 5. The number of pyridine rings is 1. The third-order valence-corrected chi connectivity index (χ3v) is 7.14. The molecule has 5 rings (SSSR count). The van der Waals surface area contributed by atoms with Crippen LogP contribution < -0.4 is 5.32 Å². The van der Waals surface area contributed by atoms with Crippen LogP contribution in [-0.4, -0.2) is 43.5 Å². The molecule has 1 aliphatic rings. The summed E-state index contributed by atoms with van der Waals surface area (Å²) < 4.78 is 1.83. The topological polar surface area (TPSA) is 75.4 Å². The second-order valence-electron chi connectivity index (χ2n) is 8.13. The summed E-state index contributed by atoms with van der Waals surface area (Å²) in [5.74, 6) is 1.11. The van der Waals surface area contributed by atoms with E-state index in [1.54, 1.807) is 23.9 Å². The van der Waals surface area contributed by atoms with Crippen LogP contribution in [0.1, 0.15) is 30.7 Å². The van der Waals surface area contributed by atoms with Crippen molar-refractivity contribution >= 4 is 44.5 Å². The highest BCUT2D eigenvalue weighted by molar-refractivity contribution is 7.19. The van der Waals surface area contributed by atoms with E-state index in [2.05, 4.69) is 40.3 Å². The van der Waals surface area contributed by atoms with Crippen LogP contribution in [-0.2, 0) is 17.6 Å². The number of aryl methyl sites for hydroxylation is 1. The van der Waals surface area contributed by atoms with Crippen molar-refractivity contribution in [2.75, 3.05) is 12.4 Å².